The van der Waals surface area contributed by atoms with E-state index in [1.807, 2.05) is 0 Å². The van der Waals surface area contributed by atoms with Crippen LogP contribution in [-0.2, 0) is 17.6 Å². The first kappa shape index (κ1) is 18.9. The third-order valence-electron chi connectivity index (χ3n) is 3.79. The molecule has 26 heavy (non-hydrogen) atoms. The number of hydrogen-bond donors (Lipinski definition) is 1. The van der Waals surface area contributed by atoms with Crippen molar-refractivity contribution in [2.24, 2.45) is 0 Å². The predicted molar refractivity (Wildman–Crippen MR) is 92.0 cm³/mol. The minimum Gasteiger partial charge on any atom is -0.493 e. The van der Waals surface area contributed by atoms with E-state index in [0.717, 1.165) is 0 Å². The minimum atomic E-state index is -1.11. The van der Waals surface area contributed by atoms with Crippen LogP contribution in [0, 0.1) is 10.1 Å². The van der Waals surface area contributed by atoms with Crippen molar-refractivity contribution in [3.05, 3.63) is 63.2 Å². The lowest BCUT2D eigenvalue weighted by atomic mass is 9.95. The first-order chi connectivity index (χ1) is 12.4. The van der Waals surface area contributed by atoms with E-state index in [9.17, 15) is 19.7 Å². The molecule has 0 saturated carbocycles. The summed E-state index contributed by atoms with van der Waals surface area (Å²) in [6, 6.07) is 8.75. The predicted octanol–water partition coefficient (Wildman–Crippen LogP) is 2.66. The van der Waals surface area contributed by atoms with Crippen molar-refractivity contribution in [3.8, 4) is 11.5 Å². The van der Waals surface area contributed by atoms with Gasteiger partial charge < -0.3 is 14.6 Å². The molecule has 0 saturated heterocycles. The van der Waals surface area contributed by atoms with E-state index in [4.69, 9.17) is 14.6 Å². The molecule has 0 aromatic heterocycles. The summed E-state index contributed by atoms with van der Waals surface area (Å²) in [6.07, 6.45) is -0.627. The van der Waals surface area contributed by atoms with Gasteiger partial charge in [0.1, 0.15) is 0 Å². The molecule has 136 valence electrons. The molecule has 2 aromatic rings. The maximum atomic E-state index is 12.7. The van der Waals surface area contributed by atoms with E-state index in [2.05, 4.69) is 0 Å². The number of carboxylic acids is 1. The number of benzene rings is 2. The number of carbonyl (C=O) groups excluding carboxylic acids is 1. The third-order valence-corrected chi connectivity index (χ3v) is 3.79. The zero-order valence-corrected chi connectivity index (χ0v) is 14.2. The number of nitro groups is 1. The number of carboxylic acid groups (broad SMARTS) is 1. The van der Waals surface area contributed by atoms with Crippen molar-refractivity contribution in [3.63, 3.8) is 0 Å². The van der Waals surface area contributed by atoms with Gasteiger partial charge in [-0.05, 0) is 17.7 Å². The largest absolute Gasteiger partial charge is 0.493 e. The summed E-state index contributed by atoms with van der Waals surface area (Å²) < 4.78 is 10.3. The molecule has 0 aliphatic rings. The maximum absolute atomic E-state index is 12.7. The van der Waals surface area contributed by atoms with Crippen molar-refractivity contribution >= 4 is 17.4 Å². The van der Waals surface area contributed by atoms with Gasteiger partial charge in [-0.1, -0.05) is 18.2 Å². The van der Waals surface area contributed by atoms with E-state index in [1.165, 1.54) is 44.6 Å². The molecule has 0 radical (unpaired) electrons. The van der Waals surface area contributed by atoms with Crippen molar-refractivity contribution in [1.29, 1.82) is 0 Å². The smallest absolute Gasteiger partial charge is 0.307 e. The number of ketones is 1. The van der Waals surface area contributed by atoms with Crippen LogP contribution in [0.4, 0.5) is 5.69 Å². The van der Waals surface area contributed by atoms with Crippen molar-refractivity contribution < 1.29 is 29.1 Å². The second-order valence-corrected chi connectivity index (χ2v) is 5.42. The summed E-state index contributed by atoms with van der Waals surface area (Å²) >= 11 is 0. The number of nitro benzene ring substituents is 1. The quantitative estimate of drug-likeness (QED) is 0.437. The zero-order chi connectivity index (χ0) is 19.3. The molecule has 0 unspecified atom stereocenters. The molecule has 2 rings (SSSR count). The molecule has 8 heteroatoms. The lowest BCUT2D eigenvalue weighted by Crippen LogP contribution is -2.12. The van der Waals surface area contributed by atoms with Gasteiger partial charge in [-0.2, -0.15) is 0 Å². The third kappa shape index (κ3) is 4.15. The molecule has 8 nitrogen and oxygen atoms in total. The highest BCUT2D eigenvalue weighted by molar-refractivity contribution is 6.00. The van der Waals surface area contributed by atoms with E-state index < -0.39 is 23.1 Å². The van der Waals surface area contributed by atoms with E-state index in [1.54, 1.807) is 6.07 Å². The minimum absolute atomic E-state index is 0.128. The van der Waals surface area contributed by atoms with Crippen LogP contribution >= 0.6 is 0 Å². The molecule has 0 amide bonds. The Kier molecular flexibility index (Phi) is 5.90. The Balaban J connectivity index is 2.47. The van der Waals surface area contributed by atoms with E-state index in [0.29, 0.717) is 5.75 Å². The molecule has 0 fully saturated rings. The number of aliphatic carboxylic acids is 1. The number of carbonyl (C=O) groups is 2. The molecule has 0 heterocycles. The van der Waals surface area contributed by atoms with Gasteiger partial charge >= 0.3 is 5.97 Å². The maximum Gasteiger partial charge on any atom is 0.307 e. The van der Waals surface area contributed by atoms with Gasteiger partial charge in [-0.3, -0.25) is 19.7 Å². The number of Topliss-reactive ketones (excluding diaryl/α,β-unsaturated/α-hetero) is 1. The van der Waals surface area contributed by atoms with Crippen LogP contribution in [0.25, 0.3) is 0 Å². The fourth-order valence-electron chi connectivity index (χ4n) is 2.60. The molecule has 1 N–H and O–H groups in total. The van der Waals surface area contributed by atoms with Gasteiger partial charge in [-0.25, -0.2) is 0 Å². The van der Waals surface area contributed by atoms with E-state index in [-0.39, 0.29) is 34.5 Å². The summed E-state index contributed by atoms with van der Waals surface area (Å²) in [5.74, 6) is -0.994. The Bertz CT molecular complexity index is 861. The van der Waals surface area contributed by atoms with Gasteiger partial charge in [0.05, 0.1) is 25.6 Å². The molecule has 0 spiro atoms. The second-order valence-electron chi connectivity index (χ2n) is 5.42. The summed E-state index contributed by atoms with van der Waals surface area (Å²) in [7, 11) is 2.79. The van der Waals surface area contributed by atoms with Crippen molar-refractivity contribution in [2.75, 3.05) is 14.2 Å². The Morgan fingerprint density at radius 2 is 1.65 bits per heavy atom. The van der Waals surface area contributed by atoms with Gasteiger partial charge in [0.25, 0.3) is 5.69 Å². The first-order valence-electron chi connectivity index (χ1n) is 7.59. The SMILES string of the molecule is COc1cc(CC(=O)O)c(C(=O)Cc2ccccc2[N+](=O)[O-])cc1OC. The van der Waals surface area contributed by atoms with E-state index >= 15 is 0 Å². The van der Waals surface area contributed by atoms with Crippen LogP contribution in [0.1, 0.15) is 21.5 Å². The van der Waals surface area contributed by atoms with Crippen LogP contribution in [0.15, 0.2) is 36.4 Å². The number of hydrogen-bond acceptors (Lipinski definition) is 6. The normalized spacial score (nSPS) is 10.2. The molecule has 0 bridgehead atoms. The molecule has 0 aliphatic carbocycles. The number of methoxy groups -OCH3 is 2. The summed E-state index contributed by atoms with van der Waals surface area (Å²) in [5, 5.41) is 20.2. The van der Waals surface area contributed by atoms with Crippen LogP contribution in [0.2, 0.25) is 0 Å². The number of para-hydroxylation sites is 1. The number of ether oxygens (including phenoxy) is 2. The molecular weight excluding hydrogens is 342 g/mol. The molecule has 0 atom stereocenters. The first-order valence-corrected chi connectivity index (χ1v) is 7.59. The molecular formula is C18H17NO7. The topological polar surface area (TPSA) is 116 Å². The number of nitrogens with zero attached hydrogens (tertiary/aromatic N) is 1. The highest BCUT2D eigenvalue weighted by Gasteiger charge is 2.22. The summed E-state index contributed by atoms with van der Waals surface area (Å²) in [6.45, 7) is 0. The monoisotopic (exact) mass is 359 g/mol. The second kappa shape index (κ2) is 8.11. The Labute approximate surface area is 149 Å². The van der Waals surface area contributed by atoms with Crippen molar-refractivity contribution in [1.82, 2.24) is 0 Å². The average molecular weight is 359 g/mol. The van der Waals surface area contributed by atoms with Crippen molar-refractivity contribution in [2.45, 2.75) is 12.8 Å². The average Bonchev–Trinajstić information content (AvgIpc) is 2.60. The standard InChI is InChI=1S/C18H17NO7/c1-25-16-8-12(9-18(21)22)13(10-17(16)26-2)15(20)7-11-5-3-4-6-14(11)19(23)24/h3-6,8,10H,7,9H2,1-2H3,(H,21,22). The fraction of sp³-hybridized carbons (Fsp3) is 0.222. The Morgan fingerprint density at radius 1 is 1.04 bits per heavy atom. The van der Waals surface area contributed by atoms with Crippen LogP contribution in [0.3, 0.4) is 0 Å². The summed E-state index contributed by atoms with van der Waals surface area (Å²) in [5.41, 5.74) is 0.460. The van der Waals surface area contributed by atoms with Crippen LogP contribution in [0.5, 0.6) is 11.5 Å². The van der Waals surface area contributed by atoms with Gasteiger partial charge in [0.2, 0.25) is 0 Å². The van der Waals surface area contributed by atoms with Gasteiger partial charge in [-0.15, -0.1) is 0 Å². The molecule has 0 aliphatic heterocycles. The van der Waals surface area contributed by atoms with Gasteiger partial charge in [0.15, 0.2) is 17.3 Å². The number of rotatable bonds is 8. The highest BCUT2D eigenvalue weighted by Crippen LogP contribution is 2.32. The zero-order valence-electron chi connectivity index (χ0n) is 14.2. The van der Waals surface area contributed by atoms with Crippen LogP contribution < -0.4 is 9.47 Å². The lowest BCUT2D eigenvalue weighted by Gasteiger charge is -2.13. The van der Waals surface area contributed by atoms with Crippen LogP contribution in [-0.4, -0.2) is 36.0 Å². The van der Waals surface area contributed by atoms with Gasteiger partial charge in [0, 0.05) is 23.6 Å². The lowest BCUT2D eigenvalue weighted by molar-refractivity contribution is -0.385. The molecule has 2 aromatic carbocycles. The highest BCUT2D eigenvalue weighted by atomic mass is 16.6. The fourth-order valence-corrected chi connectivity index (χ4v) is 2.60. The Hall–Kier alpha value is -3.42. The Morgan fingerprint density at radius 3 is 2.23 bits per heavy atom. The summed E-state index contributed by atoms with van der Waals surface area (Å²) in [4.78, 5) is 34.4.